The standard InChI is InChI=1S/C19H27F2N3O2/c20-19(21)26-16-6-1-4-14(10-16)12-24-9-3-5-15(13-24)11-23-18(25)17-7-2-8-22-17/h1,4,6,10,15,17,19,22H,2-3,5,7-9,11-13H2,(H,23,25). The lowest BCUT2D eigenvalue weighted by Crippen LogP contribution is -2.45. The van der Waals surface area contributed by atoms with Gasteiger partial charge in [-0.15, -0.1) is 0 Å². The number of hydrogen-bond donors (Lipinski definition) is 2. The molecule has 144 valence electrons. The third kappa shape index (κ3) is 5.64. The van der Waals surface area contributed by atoms with E-state index in [9.17, 15) is 13.6 Å². The molecule has 2 unspecified atom stereocenters. The van der Waals surface area contributed by atoms with E-state index in [0.29, 0.717) is 19.0 Å². The van der Waals surface area contributed by atoms with Crippen molar-refractivity contribution >= 4 is 5.91 Å². The first-order valence-electron chi connectivity index (χ1n) is 9.37. The Balaban J connectivity index is 1.46. The number of halogens is 2. The molecule has 0 bridgehead atoms. The van der Waals surface area contributed by atoms with Crippen molar-refractivity contribution in [1.29, 1.82) is 0 Å². The van der Waals surface area contributed by atoms with Crippen molar-refractivity contribution in [3.8, 4) is 5.75 Å². The van der Waals surface area contributed by atoms with E-state index in [2.05, 4.69) is 20.3 Å². The lowest BCUT2D eigenvalue weighted by molar-refractivity contribution is -0.123. The average molecular weight is 367 g/mol. The number of carbonyl (C=O) groups is 1. The van der Waals surface area contributed by atoms with Crippen LogP contribution in [0.2, 0.25) is 0 Å². The summed E-state index contributed by atoms with van der Waals surface area (Å²) >= 11 is 0. The summed E-state index contributed by atoms with van der Waals surface area (Å²) in [6, 6.07) is 6.84. The Bertz CT molecular complexity index is 594. The fraction of sp³-hybridized carbons (Fsp3) is 0.632. The first-order chi connectivity index (χ1) is 12.6. The van der Waals surface area contributed by atoms with Gasteiger partial charge in [-0.2, -0.15) is 8.78 Å². The summed E-state index contributed by atoms with van der Waals surface area (Å²) < 4.78 is 29.2. The van der Waals surface area contributed by atoms with Gasteiger partial charge in [0.25, 0.3) is 0 Å². The molecule has 2 atom stereocenters. The van der Waals surface area contributed by atoms with Crippen LogP contribution >= 0.6 is 0 Å². The van der Waals surface area contributed by atoms with Gasteiger partial charge in [0.05, 0.1) is 6.04 Å². The van der Waals surface area contributed by atoms with Crippen LogP contribution in [0.1, 0.15) is 31.2 Å². The number of ether oxygens (including phenoxy) is 1. The van der Waals surface area contributed by atoms with Crippen LogP contribution in [0.15, 0.2) is 24.3 Å². The number of hydrogen-bond acceptors (Lipinski definition) is 4. The third-order valence-electron chi connectivity index (χ3n) is 5.07. The monoisotopic (exact) mass is 367 g/mol. The molecule has 2 N–H and O–H groups in total. The van der Waals surface area contributed by atoms with Crippen molar-refractivity contribution in [2.75, 3.05) is 26.2 Å². The quantitative estimate of drug-likeness (QED) is 0.777. The van der Waals surface area contributed by atoms with E-state index < -0.39 is 6.61 Å². The van der Waals surface area contributed by atoms with Crippen molar-refractivity contribution in [3.63, 3.8) is 0 Å². The first kappa shape index (κ1) is 19.0. The Hall–Kier alpha value is -1.73. The molecular formula is C19H27F2N3O2. The smallest absolute Gasteiger partial charge is 0.387 e. The van der Waals surface area contributed by atoms with E-state index in [0.717, 1.165) is 50.9 Å². The maximum absolute atomic E-state index is 12.4. The Labute approximate surface area is 153 Å². The Morgan fingerprint density at radius 3 is 3.00 bits per heavy atom. The zero-order chi connectivity index (χ0) is 18.4. The SMILES string of the molecule is O=C(NCC1CCCN(Cc2cccc(OC(F)F)c2)C1)C1CCCN1. The minimum absolute atomic E-state index is 0.0349. The second kappa shape index (κ2) is 9.28. The van der Waals surface area contributed by atoms with Gasteiger partial charge in [-0.25, -0.2) is 0 Å². The highest BCUT2D eigenvalue weighted by Crippen LogP contribution is 2.21. The third-order valence-corrected chi connectivity index (χ3v) is 5.07. The molecule has 0 aliphatic carbocycles. The van der Waals surface area contributed by atoms with Crippen LogP contribution in [0.5, 0.6) is 5.75 Å². The van der Waals surface area contributed by atoms with E-state index >= 15 is 0 Å². The lowest BCUT2D eigenvalue weighted by atomic mass is 9.97. The predicted molar refractivity (Wildman–Crippen MR) is 95.1 cm³/mol. The van der Waals surface area contributed by atoms with Gasteiger partial charge in [-0.1, -0.05) is 12.1 Å². The van der Waals surface area contributed by atoms with E-state index in [1.807, 2.05) is 6.07 Å². The lowest BCUT2D eigenvalue weighted by Gasteiger charge is -2.33. The highest BCUT2D eigenvalue weighted by Gasteiger charge is 2.24. The largest absolute Gasteiger partial charge is 0.435 e. The Morgan fingerprint density at radius 2 is 2.23 bits per heavy atom. The van der Waals surface area contributed by atoms with Crippen LogP contribution in [-0.2, 0) is 11.3 Å². The molecule has 0 spiro atoms. The van der Waals surface area contributed by atoms with E-state index in [-0.39, 0.29) is 17.7 Å². The number of nitrogens with one attached hydrogen (secondary N) is 2. The van der Waals surface area contributed by atoms with E-state index in [4.69, 9.17) is 0 Å². The van der Waals surface area contributed by atoms with Crippen molar-refractivity contribution in [3.05, 3.63) is 29.8 Å². The molecule has 0 radical (unpaired) electrons. The number of carbonyl (C=O) groups excluding carboxylic acids is 1. The molecule has 1 amide bonds. The van der Waals surface area contributed by atoms with Crippen molar-refractivity contribution in [1.82, 2.24) is 15.5 Å². The minimum Gasteiger partial charge on any atom is -0.435 e. The minimum atomic E-state index is -2.80. The second-order valence-electron chi connectivity index (χ2n) is 7.16. The molecule has 26 heavy (non-hydrogen) atoms. The number of rotatable bonds is 7. The summed E-state index contributed by atoms with van der Waals surface area (Å²) in [6.45, 7) is 1.40. The molecule has 2 aliphatic heterocycles. The van der Waals surface area contributed by atoms with E-state index in [1.165, 1.54) is 0 Å². The zero-order valence-corrected chi connectivity index (χ0v) is 14.9. The maximum Gasteiger partial charge on any atom is 0.387 e. The molecule has 2 aliphatic rings. The molecule has 0 aromatic heterocycles. The van der Waals surface area contributed by atoms with Crippen LogP contribution < -0.4 is 15.4 Å². The van der Waals surface area contributed by atoms with Crippen LogP contribution in [0.3, 0.4) is 0 Å². The van der Waals surface area contributed by atoms with Gasteiger partial charge in [0, 0.05) is 19.6 Å². The second-order valence-corrected chi connectivity index (χ2v) is 7.16. The number of alkyl halides is 2. The number of piperidine rings is 1. The molecule has 3 rings (SSSR count). The molecule has 1 aromatic rings. The van der Waals surface area contributed by atoms with Crippen molar-refractivity contribution in [2.24, 2.45) is 5.92 Å². The topological polar surface area (TPSA) is 53.6 Å². The fourth-order valence-corrected chi connectivity index (χ4v) is 3.82. The van der Waals surface area contributed by atoms with Crippen LogP contribution in [0.4, 0.5) is 8.78 Å². The summed E-state index contributed by atoms with van der Waals surface area (Å²) in [7, 11) is 0. The highest BCUT2D eigenvalue weighted by atomic mass is 19.3. The van der Waals surface area contributed by atoms with Gasteiger partial charge < -0.3 is 15.4 Å². The van der Waals surface area contributed by atoms with Crippen LogP contribution in [-0.4, -0.2) is 49.6 Å². The molecule has 0 saturated carbocycles. The van der Waals surface area contributed by atoms with Gasteiger partial charge in [-0.3, -0.25) is 9.69 Å². The first-order valence-corrected chi connectivity index (χ1v) is 9.37. The fourth-order valence-electron chi connectivity index (χ4n) is 3.82. The number of amides is 1. The number of nitrogens with zero attached hydrogens (tertiary/aromatic N) is 1. The summed E-state index contributed by atoms with van der Waals surface area (Å²) in [5.41, 5.74) is 0.961. The molecule has 2 saturated heterocycles. The Morgan fingerprint density at radius 1 is 1.35 bits per heavy atom. The zero-order valence-electron chi connectivity index (χ0n) is 14.9. The molecule has 2 heterocycles. The normalized spacial score (nSPS) is 24.0. The average Bonchev–Trinajstić information content (AvgIpc) is 3.14. The predicted octanol–water partition coefficient (Wildman–Crippen LogP) is 2.37. The van der Waals surface area contributed by atoms with Crippen molar-refractivity contribution in [2.45, 2.75) is 44.9 Å². The highest BCUT2D eigenvalue weighted by molar-refractivity contribution is 5.81. The summed E-state index contributed by atoms with van der Waals surface area (Å²) in [6.07, 6.45) is 4.15. The van der Waals surface area contributed by atoms with Gasteiger partial charge in [0.1, 0.15) is 5.75 Å². The number of benzene rings is 1. The maximum atomic E-state index is 12.4. The molecule has 7 heteroatoms. The van der Waals surface area contributed by atoms with Gasteiger partial charge in [0.15, 0.2) is 0 Å². The molecular weight excluding hydrogens is 340 g/mol. The van der Waals surface area contributed by atoms with Gasteiger partial charge in [-0.05, 0) is 62.4 Å². The Kier molecular flexibility index (Phi) is 6.80. The van der Waals surface area contributed by atoms with E-state index in [1.54, 1.807) is 18.2 Å². The summed E-state index contributed by atoms with van der Waals surface area (Å²) in [4.78, 5) is 14.4. The molecule has 2 fully saturated rings. The van der Waals surface area contributed by atoms with Gasteiger partial charge >= 0.3 is 6.61 Å². The molecule has 1 aromatic carbocycles. The van der Waals surface area contributed by atoms with Gasteiger partial charge in [0.2, 0.25) is 5.91 Å². The molecule has 5 nitrogen and oxygen atoms in total. The van der Waals surface area contributed by atoms with Crippen molar-refractivity contribution < 1.29 is 18.3 Å². The number of likely N-dealkylation sites (tertiary alicyclic amines) is 1. The van der Waals surface area contributed by atoms with Crippen LogP contribution in [0.25, 0.3) is 0 Å². The summed E-state index contributed by atoms with van der Waals surface area (Å²) in [5.74, 6) is 0.730. The van der Waals surface area contributed by atoms with Crippen LogP contribution in [0, 0.1) is 5.92 Å². The summed E-state index contributed by atoms with van der Waals surface area (Å²) in [5, 5.41) is 6.29.